The number of rotatable bonds is 9. The Bertz CT molecular complexity index is 1270. The summed E-state index contributed by atoms with van der Waals surface area (Å²) in [6.45, 7) is 11.8. The second-order valence-electron chi connectivity index (χ2n) is 9.41. The molecule has 2 aromatic heterocycles. The van der Waals surface area contributed by atoms with Gasteiger partial charge in [-0.15, -0.1) is 0 Å². The van der Waals surface area contributed by atoms with Crippen molar-refractivity contribution in [2.24, 2.45) is 0 Å². The van der Waals surface area contributed by atoms with E-state index in [1.165, 1.54) is 25.6 Å². The first-order chi connectivity index (χ1) is 16.4. The number of methoxy groups -OCH3 is 1. The predicted octanol–water partition coefficient (Wildman–Crippen LogP) is 7.20. The normalized spacial score (nSPS) is 12.3. The molecule has 0 bridgehead atoms. The number of halogens is 2. The molecule has 0 aliphatic heterocycles. The Hall–Kier alpha value is -2.52. The van der Waals surface area contributed by atoms with Gasteiger partial charge in [0.2, 0.25) is 5.75 Å². The van der Waals surface area contributed by atoms with Crippen molar-refractivity contribution in [3.63, 3.8) is 0 Å². The van der Waals surface area contributed by atoms with Gasteiger partial charge in [0.25, 0.3) is 0 Å². The summed E-state index contributed by atoms with van der Waals surface area (Å²) in [5, 5.41) is 4.47. The van der Waals surface area contributed by atoms with E-state index in [9.17, 15) is 4.79 Å². The zero-order valence-corrected chi connectivity index (χ0v) is 23.2. The van der Waals surface area contributed by atoms with E-state index in [0.717, 1.165) is 0 Å². The van der Waals surface area contributed by atoms with Gasteiger partial charge in [-0.2, -0.15) is 0 Å². The van der Waals surface area contributed by atoms with Crippen LogP contribution in [0.2, 0.25) is 28.2 Å². The minimum Gasteiger partial charge on any atom is -0.493 e. The maximum absolute atomic E-state index is 12.4. The fourth-order valence-electron chi connectivity index (χ4n) is 2.99. The molecule has 188 valence electrons. The zero-order valence-electron chi connectivity index (χ0n) is 20.7. The molecule has 7 nitrogen and oxygen atoms in total. The topological polar surface area (TPSA) is 82.8 Å². The smallest absolute Gasteiger partial charge is 0.338 e. The number of pyridine rings is 1. The van der Waals surface area contributed by atoms with Crippen LogP contribution in [-0.4, -0.2) is 33.6 Å². The standard InChI is InChI=1S/C25H30Cl2N2O5Si/c1-25(2,3)35(5,6)33-12-8-7-11-32-24-20(31-4)10-9-16-19(13-21(30)34-23(16)24)29-22-17(26)14-28-15-18(22)27/h7-10,13-15H,11-12H2,1-6H3,(H,28,29)/b8-7-. The van der Waals surface area contributed by atoms with E-state index in [4.69, 9.17) is 41.5 Å². The van der Waals surface area contributed by atoms with Crippen LogP contribution >= 0.6 is 23.2 Å². The maximum atomic E-state index is 12.4. The molecule has 1 aromatic carbocycles. The molecule has 0 saturated carbocycles. The molecular weight excluding hydrogens is 507 g/mol. The second kappa shape index (κ2) is 11.0. The highest BCUT2D eigenvalue weighted by Crippen LogP contribution is 2.40. The van der Waals surface area contributed by atoms with E-state index in [1.54, 1.807) is 12.1 Å². The molecule has 0 amide bonds. The summed E-state index contributed by atoms with van der Waals surface area (Å²) in [6, 6.07) is 4.82. The third-order valence-electron chi connectivity index (χ3n) is 6.00. The Morgan fingerprint density at radius 2 is 1.77 bits per heavy atom. The van der Waals surface area contributed by atoms with Crippen molar-refractivity contribution in [1.82, 2.24) is 4.98 Å². The van der Waals surface area contributed by atoms with E-state index in [2.05, 4.69) is 44.2 Å². The highest BCUT2D eigenvalue weighted by atomic mass is 35.5. The van der Waals surface area contributed by atoms with Gasteiger partial charge in [-0.1, -0.05) is 50.0 Å². The molecule has 3 aromatic rings. The SMILES string of the molecule is COc1ccc2c(Nc3c(Cl)cncc3Cl)cc(=O)oc2c1OC/C=C\CO[Si](C)(C)C(C)(C)C. The fraction of sp³-hybridized carbons (Fsp3) is 0.360. The largest absolute Gasteiger partial charge is 0.493 e. The zero-order chi connectivity index (χ0) is 25.8. The van der Waals surface area contributed by atoms with Gasteiger partial charge in [0.15, 0.2) is 19.6 Å². The monoisotopic (exact) mass is 536 g/mol. The molecule has 0 aliphatic carbocycles. The summed E-state index contributed by atoms with van der Waals surface area (Å²) in [5.41, 5.74) is 0.555. The molecule has 10 heteroatoms. The number of anilines is 2. The van der Waals surface area contributed by atoms with Crippen LogP contribution in [0.4, 0.5) is 11.4 Å². The predicted molar refractivity (Wildman–Crippen MR) is 144 cm³/mol. The van der Waals surface area contributed by atoms with Crippen LogP contribution in [0, 0.1) is 0 Å². The van der Waals surface area contributed by atoms with E-state index < -0.39 is 13.9 Å². The highest BCUT2D eigenvalue weighted by molar-refractivity contribution is 6.74. The molecule has 0 aliphatic rings. The van der Waals surface area contributed by atoms with Crippen LogP contribution in [0.1, 0.15) is 20.8 Å². The molecule has 0 saturated heterocycles. The van der Waals surface area contributed by atoms with Gasteiger partial charge >= 0.3 is 5.63 Å². The molecule has 2 heterocycles. The van der Waals surface area contributed by atoms with Gasteiger partial charge < -0.3 is 23.6 Å². The molecular formula is C25H30Cl2N2O5Si. The average molecular weight is 538 g/mol. The van der Waals surface area contributed by atoms with Crippen molar-refractivity contribution < 1.29 is 18.3 Å². The summed E-state index contributed by atoms with van der Waals surface area (Å²) in [5.74, 6) is 0.747. The minimum absolute atomic E-state index is 0.141. The average Bonchev–Trinajstić information content (AvgIpc) is 2.77. The molecule has 0 radical (unpaired) electrons. The summed E-state index contributed by atoms with van der Waals surface area (Å²) in [4.78, 5) is 16.3. The number of benzene rings is 1. The van der Waals surface area contributed by atoms with Crippen molar-refractivity contribution in [3.8, 4) is 11.5 Å². The highest BCUT2D eigenvalue weighted by Gasteiger charge is 2.36. The molecule has 0 atom stereocenters. The third kappa shape index (κ3) is 6.38. The van der Waals surface area contributed by atoms with Gasteiger partial charge in [-0.05, 0) is 36.3 Å². The number of hydrogen-bond acceptors (Lipinski definition) is 7. The molecule has 0 spiro atoms. The third-order valence-corrected chi connectivity index (χ3v) is 11.1. The summed E-state index contributed by atoms with van der Waals surface area (Å²) in [7, 11) is -0.303. The first-order valence-corrected chi connectivity index (χ1v) is 14.7. The van der Waals surface area contributed by atoms with Crippen molar-refractivity contribution in [1.29, 1.82) is 0 Å². The van der Waals surface area contributed by atoms with Gasteiger partial charge in [0.1, 0.15) is 6.61 Å². The van der Waals surface area contributed by atoms with Crippen LogP contribution in [0.15, 0.2) is 52.0 Å². The second-order valence-corrected chi connectivity index (χ2v) is 15.0. The lowest BCUT2D eigenvalue weighted by Crippen LogP contribution is -2.40. The van der Waals surface area contributed by atoms with Crippen LogP contribution in [-0.2, 0) is 4.43 Å². The lowest BCUT2D eigenvalue weighted by atomic mass is 10.1. The van der Waals surface area contributed by atoms with Crippen LogP contribution in [0.3, 0.4) is 0 Å². The molecule has 3 rings (SSSR count). The van der Waals surface area contributed by atoms with Gasteiger partial charge in [0, 0.05) is 23.8 Å². The number of ether oxygens (including phenoxy) is 2. The van der Waals surface area contributed by atoms with Crippen molar-refractivity contribution in [3.05, 3.63) is 63.2 Å². The Kier molecular flexibility index (Phi) is 8.53. The lowest BCUT2D eigenvalue weighted by molar-refractivity contribution is 0.316. The number of fused-ring (bicyclic) bond motifs is 1. The number of nitrogens with zero attached hydrogens (tertiary/aromatic N) is 1. The molecule has 35 heavy (non-hydrogen) atoms. The number of hydrogen-bond donors (Lipinski definition) is 1. The minimum atomic E-state index is -1.82. The number of nitrogens with one attached hydrogen (secondary N) is 1. The Balaban J connectivity index is 1.85. The van der Waals surface area contributed by atoms with Crippen molar-refractivity contribution >= 4 is 53.9 Å². The molecule has 0 unspecified atom stereocenters. The quantitative estimate of drug-likeness (QED) is 0.176. The van der Waals surface area contributed by atoms with Gasteiger partial charge in [-0.25, -0.2) is 4.79 Å². The van der Waals surface area contributed by atoms with Crippen LogP contribution < -0.4 is 20.4 Å². The summed E-state index contributed by atoms with van der Waals surface area (Å²) in [6.07, 6.45) is 6.71. The molecule has 0 fully saturated rings. The van der Waals surface area contributed by atoms with Crippen molar-refractivity contribution in [2.75, 3.05) is 25.6 Å². The molecule has 1 N–H and O–H groups in total. The first-order valence-electron chi connectivity index (χ1n) is 11.1. The van der Waals surface area contributed by atoms with Crippen LogP contribution in [0.25, 0.3) is 11.0 Å². The van der Waals surface area contributed by atoms with E-state index >= 15 is 0 Å². The first kappa shape index (κ1) is 27.1. The maximum Gasteiger partial charge on any atom is 0.338 e. The van der Waals surface area contributed by atoms with E-state index in [-0.39, 0.29) is 17.2 Å². The van der Waals surface area contributed by atoms with E-state index in [1.807, 2.05) is 12.2 Å². The summed E-state index contributed by atoms with van der Waals surface area (Å²) < 4.78 is 23.1. The Morgan fingerprint density at radius 1 is 1.11 bits per heavy atom. The van der Waals surface area contributed by atoms with E-state index in [0.29, 0.717) is 44.9 Å². The van der Waals surface area contributed by atoms with Gasteiger partial charge in [-0.3, -0.25) is 4.98 Å². The van der Waals surface area contributed by atoms with Crippen LogP contribution in [0.5, 0.6) is 11.5 Å². The lowest BCUT2D eigenvalue weighted by Gasteiger charge is -2.35. The Morgan fingerprint density at radius 3 is 2.40 bits per heavy atom. The Labute approximate surface area is 216 Å². The summed E-state index contributed by atoms with van der Waals surface area (Å²) >= 11 is 12.5. The fourth-order valence-corrected chi connectivity index (χ4v) is 4.40. The number of aromatic nitrogens is 1. The van der Waals surface area contributed by atoms with Gasteiger partial charge in [0.05, 0.1) is 35.1 Å². The van der Waals surface area contributed by atoms with Crippen molar-refractivity contribution in [2.45, 2.75) is 38.9 Å².